The minimum atomic E-state index is -0.347. The number of anilines is 2. The van der Waals surface area contributed by atoms with Crippen LogP contribution in [0.5, 0.6) is 0 Å². The highest BCUT2D eigenvalue weighted by Crippen LogP contribution is 2.27. The number of aromatic amines is 1. The number of aromatic nitrogens is 4. The van der Waals surface area contributed by atoms with E-state index in [-0.39, 0.29) is 6.03 Å². The lowest BCUT2D eigenvalue weighted by Gasteiger charge is -2.08. The Bertz CT molecular complexity index is 1090. The first-order chi connectivity index (χ1) is 13.2. The first-order valence-corrected chi connectivity index (χ1v) is 8.34. The van der Waals surface area contributed by atoms with Crippen LogP contribution in [0.25, 0.3) is 22.0 Å². The van der Waals surface area contributed by atoms with Gasteiger partial charge in [0.05, 0.1) is 17.8 Å². The molecule has 0 bridgehead atoms. The average Bonchev–Trinajstić information content (AvgIpc) is 3.08. The zero-order valence-corrected chi connectivity index (χ0v) is 14.3. The zero-order valence-electron chi connectivity index (χ0n) is 14.3. The number of amides is 2. The van der Waals surface area contributed by atoms with Crippen molar-refractivity contribution in [3.63, 3.8) is 0 Å². The molecule has 0 atom stereocenters. The van der Waals surface area contributed by atoms with Gasteiger partial charge in [-0.1, -0.05) is 12.1 Å². The number of urea groups is 1. The van der Waals surface area contributed by atoms with Crippen molar-refractivity contribution >= 4 is 28.6 Å². The molecule has 0 saturated heterocycles. The van der Waals surface area contributed by atoms with Crippen molar-refractivity contribution in [2.45, 2.75) is 6.54 Å². The maximum absolute atomic E-state index is 12.1. The quantitative estimate of drug-likeness (QED) is 0.446. The van der Waals surface area contributed by atoms with Crippen molar-refractivity contribution in [2.75, 3.05) is 11.1 Å². The molecule has 1 aromatic carbocycles. The monoisotopic (exact) mass is 359 g/mol. The Hall–Kier alpha value is -3.94. The third-order valence-corrected chi connectivity index (χ3v) is 4.08. The summed E-state index contributed by atoms with van der Waals surface area (Å²) in [6.45, 7) is 0.336. The van der Waals surface area contributed by atoms with Gasteiger partial charge in [-0.25, -0.2) is 9.78 Å². The molecule has 0 radical (unpaired) electrons. The molecule has 2 amide bonds. The predicted octanol–water partition coefficient (Wildman–Crippen LogP) is 2.92. The fraction of sp³-hybridized carbons (Fsp3) is 0.0526. The molecule has 27 heavy (non-hydrogen) atoms. The summed E-state index contributed by atoms with van der Waals surface area (Å²) < 4.78 is 0. The topological polar surface area (TPSA) is 122 Å². The summed E-state index contributed by atoms with van der Waals surface area (Å²) in [6.07, 6.45) is 3.33. The first kappa shape index (κ1) is 16.5. The number of hydrogen-bond acceptors (Lipinski definition) is 5. The maximum atomic E-state index is 12.1. The number of pyridine rings is 2. The number of hydrogen-bond donors (Lipinski definition) is 4. The molecule has 8 heteroatoms. The first-order valence-electron chi connectivity index (χ1n) is 8.34. The van der Waals surface area contributed by atoms with Gasteiger partial charge in [-0.15, -0.1) is 0 Å². The second kappa shape index (κ2) is 7.12. The normalized spacial score (nSPS) is 10.7. The van der Waals surface area contributed by atoms with Crippen LogP contribution in [0.15, 0.2) is 60.9 Å². The molecule has 3 aromatic heterocycles. The van der Waals surface area contributed by atoms with Gasteiger partial charge in [0.25, 0.3) is 0 Å². The van der Waals surface area contributed by atoms with E-state index >= 15 is 0 Å². The number of carbonyl (C=O) groups is 1. The number of benzene rings is 1. The number of rotatable bonds is 4. The molecule has 0 aliphatic rings. The Morgan fingerprint density at radius 3 is 2.78 bits per heavy atom. The number of nitrogens with one attached hydrogen (secondary N) is 3. The highest BCUT2D eigenvalue weighted by Gasteiger charge is 2.08. The molecule has 0 saturated carbocycles. The third kappa shape index (κ3) is 3.69. The number of nitrogen functional groups attached to an aromatic ring is 1. The van der Waals surface area contributed by atoms with E-state index in [4.69, 9.17) is 5.73 Å². The minimum Gasteiger partial charge on any atom is -0.382 e. The SMILES string of the molecule is Nc1n[nH]c2ccc(-c3ccnc(NC(=O)NCc4ccccn4)c3)cc12. The van der Waals surface area contributed by atoms with E-state index < -0.39 is 0 Å². The van der Waals surface area contributed by atoms with Gasteiger partial charge < -0.3 is 11.1 Å². The highest BCUT2D eigenvalue weighted by atomic mass is 16.2. The Kier molecular flexibility index (Phi) is 4.36. The van der Waals surface area contributed by atoms with Crippen molar-refractivity contribution in [1.82, 2.24) is 25.5 Å². The van der Waals surface area contributed by atoms with E-state index in [0.717, 1.165) is 27.7 Å². The van der Waals surface area contributed by atoms with Crippen LogP contribution < -0.4 is 16.4 Å². The van der Waals surface area contributed by atoms with Gasteiger partial charge in [0, 0.05) is 17.8 Å². The summed E-state index contributed by atoms with van der Waals surface area (Å²) in [5, 5.41) is 13.2. The fourth-order valence-corrected chi connectivity index (χ4v) is 2.73. The summed E-state index contributed by atoms with van der Waals surface area (Å²) >= 11 is 0. The predicted molar refractivity (Wildman–Crippen MR) is 104 cm³/mol. The van der Waals surface area contributed by atoms with E-state index in [9.17, 15) is 4.79 Å². The van der Waals surface area contributed by atoms with Crippen LogP contribution in [0, 0.1) is 0 Å². The van der Waals surface area contributed by atoms with Crippen LogP contribution in [0.4, 0.5) is 16.4 Å². The maximum Gasteiger partial charge on any atom is 0.320 e. The molecule has 4 rings (SSSR count). The molecule has 0 fully saturated rings. The summed E-state index contributed by atoms with van der Waals surface area (Å²) in [6, 6.07) is 14.7. The van der Waals surface area contributed by atoms with Gasteiger partial charge in [-0.05, 0) is 47.5 Å². The number of nitrogens with zero attached hydrogens (tertiary/aromatic N) is 3. The largest absolute Gasteiger partial charge is 0.382 e. The van der Waals surface area contributed by atoms with E-state index in [2.05, 4.69) is 30.8 Å². The van der Waals surface area contributed by atoms with Gasteiger partial charge in [0.2, 0.25) is 0 Å². The van der Waals surface area contributed by atoms with Crippen LogP contribution in [-0.4, -0.2) is 26.2 Å². The molecule has 8 nitrogen and oxygen atoms in total. The summed E-state index contributed by atoms with van der Waals surface area (Å²) in [5.74, 6) is 0.902. The lowest BCUT2D eigenvalue weighted by molar-refractivity contribution is 0.251. The number of nitrogens with two attached hydrogens (primary N) is 1. The van der Waals surface area contributed by atoms with E-state index in [1.54, 1.807) is 18.5 Å². The lowest BCUT2D eigenvalue weighted by Crippen LogP contribution is -2.28. The lowest BCUT2D eigenvalue weighted by atomic mass is 10.0. The van der Waals surface area contributed by atoms with Crippen molar-refractivity contribution in [3.05, 3.63) is 66.6 Å². The van der Waals surface area contributed by atoms with Crippen molar-refractivity contribution in [1.29, 1.82) is 0 Å². The van der Waals surface area contributed by atoms with Gasteiger partial charge in [-0.3, -0.25) is 15.4 Å². The van der Waals surface area contributed by atoms with E-state index in [1.807, 2.05) is 42.5 Å². The van der Waals surface area contributed by atoms with Crippen molar-refractivity contribution < 1.29 is 4.79 Å². The van der Waals surface area contributed by atoms with E-state index in [0.29, 0.717) is 18.2 Å². The van der Waals surface area contributed by atoms with E-state index in [1.165, 1.54) is 0 Å². The smallest absolute Gasteiger partial charge is 0.320 e. The fourth-order valence-electron chi connectivity index (χ4n) is 2.73. The molecule has 5 N–H and O–H groups in total. The van der Waals surface area contributed by atoms with Gasteiger partial charge in [0.1, 0.15) is 5.82 Å². The second-order valence-corrected chi connectivity index (χ2v) is 5.93. The molecular formula is C19H17N7O. The summed E-state index contributed by atoms with van der Waals surface area (Å²) in [7, 11) is 0. The second-order valence-electron chi connectivity index (χ2n) is 5.93. The van der Waals surface area contributed by atoms with Crippen LogP contribution in [0.3, 0.4) is 0 Å². The molecule has 0 unspecified atom stereocenters. The summed E-state index contributed by atoms with van der Waals surface area (Å²) in [4.78, 5) is 20.5. The van der Waals surface area contributed by atoms with Crippen molar-refractivity contribution in [2.24, 2.45) is 0 Å². The van der Waals surface area contributed by atoms with Crippen LogP contribution in [-0.2, 0) is 6.54 Å². The standard InChI is InChI=1S/C19H17N7O/c20-18-15-9-12(4-5-16(15)25-26-18)13-6-8-22-17(10-13)24-19(27)23-11-14-3-1-2-7-21-14/h1-10H,11H2,(H3,20,25,26)(H2,22,23,24,27). The molecule has 4 aromatic rings. The highest BCUT2D eigenvalue weighted by molar-refractivity contribution is 5.93. The molecule has 134 valence electrons. The van der Waals surface area contributed by atoms with Gasteiger partial charge >= 0.3 is 6.03 Å². The van der Waals surface area contributed by atoms with Gasteiger partial charge in [-0.2, -0.15) is 5.10 Å². The molecule has 3 heterocycles. The number of H-pyrrole nitrogens is 1. The molecule has 0 aliphatic heterocycles. The Morgan fingerprint density at radius 2 is 1.93 bits per heavy atom. The van der Waals surface area contributed by atoms with Crippen molar-refractivity contribution in [3.8, 4) is 11.1 Å². The average molecular weight is 359 g/mol. The molecule has 0 aliphatic carbocycles. The van der Waals surface area contributed by atoms with Crippen LogP contribution in [0.2, 0.25) is 0 Å². The minimum absolute atomic E-state index is 0.336. The third-order valence-electron chi connectivity index (χ3n) is 4.08. The Labute approximate surface area is 154 Å². The molecule has 0 spiro atoms. The summed E-state index contributed by atoms with van der Waals surface area (Å²) in [5.41, 5.74) is 9.39. The van der Waals surface area contributed by atoms with Crippen LogP contribution >= 0.6 is 0 Å². The number of fused-ring (bicyclic) bond motifs is 1. The Balaban J connectivity index is 1.48. The van der Waals surface area contributed by atoms with Gasteiger partial charge in [0.15, 0.2) is 5.82 Å². The number of carbonyl (C=O) groups excluding carboxylic acids is 1. The Morgan fingerprint density at radius 1 is 1.04 bits per heavy atom. The zero-order chi connectivity index (χ0) is 18.6. The molecular weight excluding hydrogens is 342 g/mol. The van der Waals surface area contributed by atoms with Crippen LogP contribution in [0.1, 0.15) is 5.69 Å².